The summed E-state index contributed by atoms with van der Waals surface area (Å²) in [4.78, 5) is 0. The fraction of sp³-hybridized carbons (Fsp3) is 0. The molecule has 0 aliphatic carbocycles. The summed E-state index contributed by atoms with van der Waals surface area (Å²) in [5.74, 6) is 1.86. The van der Waals surface area contributed by atoms with Crippen LogP contribution >= 0.6 is 7.52 Å². The zero-order valence-electron chi connectivity index (χ0n) is 9.82. The van der Waals surface area contributed by atoms with Crippen molar-refractivity contribution in [2.24, 2.45) is 0 Å². The lowest BCUT2D eigenvalue weighted by Crippen LogP contribution is -2.01. The zero-order valence-corrected chi connectivity index (χ0v) is 10.7. The van der Waals surface area contributed by atoms with Crippen molar-refractivity contribution in [1.82, 2.24) is 0 Å². The average molecular weight is 259 g/mol. The van der Waals surface area contributed by atoms with E-state index in [1.807, 2.05) is 48.5 Å². The van der Waals surface area contributed by atoms with Crippen molar-refractivity contribution in [1.29, 1.82) is 0 Å². The molecule has 1 atom stereocenters. The largest absolute Gasteiger partial charge is 0.426 e. The summed E-state index contributed by atoms with van der Waals surface area (Å²) in [6.45, 7) is 3.57. The van der Waals surface area contributed by atoms with Crippen molar-refractivity contribution in [3.63, 3.8) is 0 Å². The van der Waals surface area contributed by atoms with Crippen LogP contribution < -0.4 is 9.61 Å². The van der Waals surface area contributed by atoms with Gasteiger partial charge in [-0.15, -0.1) is 0 Å². The minimum Gasteiger partial charge on any atom is -0.426 e. The van der Waals surface area contributed by atoms with Crippen molar-refractivity contribution in [2.75, 3.05) is 5.09 Å². The van der Waals surface area contributed by atoms with Gasteiger partial charge in [0.05, 0.1) is 0 Å². The Balaban J connectivity index is 2.16. The van der Waals surface area contributed by atoms with Crippen LogP contribution in [-0.4, -0.2) is 0 Å². The smallest absolute Gasteiger partial charge is 0.363 e. The van der Waals surface area contributed by atoms with Crippen LogP contribution in [0, 0.1) is 0 Å². The molecule has 0 aromatic heterocycles. The zero-order chi connectivity index (χ0) is 12.8. The Kier molecular flexibility index (Phi) is 3.85. The van der Waals surface area contributed by atoms with Crippen LogP contribution in [0.4, 0.5) is 5.69 Å². The minimum atomic E-state index is -3.13. The van der Waals surface area contributed by atoms with Gasteiger partial charge < -0.3 is 9.61 Å². The number of para-hydroxylation sites is 2. The SMILES string of the molecule is C=CP(=O)(Nc1ccccc1)Oc1ccccc1. The second-order valence-corrected chi connectivity index (χ2v) is 5.63. The number of benzene rings is 2. The highest BCUT2D eigenvalue weighted by atomic mass is 31.2. The first-order chi connectivity index (χ1) is 8.72. The van der Waals surface area contributed by atoms with Crippen LogP contribution in [-0.2, 0) is 4.57 Å². The Morgan fingerprint density at radius 3 is 2.11 bits per heavy atom. The molecule has 0 amide bonds. The molecule has 2 aromatic carbocycles. The molecule has 18 heavy (non-hydrogen) atoms. The Morgan fingerprint density at radius 2 is 1.56 bits per heavy atom. The van der Waals surface area contributed by atoms with Gasteiger partial charge in [0.1, 0.15) is 5.75 Å². The van der Waals surface area contributed by atoms with Crippen LogP contribution in [0.2, 0.25) is 0 Å². The highest BCUT2D eigenvalue weighted by Crippen LogP contribution is 2.47. The van der Waals surface area contributed by atoms with Crippen molar-refractivity contribution < 1.29 is 9.09 Å². The van der Waals surface area contributed by atoms with E-state index in [9.17, 15) is 4.57 Å². The van der Waals surface area contributed by atoms with E-state index in [-0.39, 0.29) is 0 Å². The maximum absolute atomic E-state index is 12.5. The van der Waals surface area contributed by atoms with Gasteiger partial charge in [0, 0.05) is 11.5 Å². The van der Waals surface area contributed by atoms with E-state index < -0.39 is 7.52 Å². The summed E-state index contributed by atoms with van der Waals surface area (Å²) in [5.41, 5.74) is 0.733. The summed E-state index contributed by atoms with van der Waals surface area (Å²) in [6, 6.07) is 18.3. The molecule has 2 rings (SSSR count). The third-order valence-corrected chi connectivity index (χ3v) is 3.82. The fourth-order valence-electron chi connectivity index (χ4n) is 1.44. The standard InChI is InChI=1S/C14H14NO2P/c1-2-18(16,15-13-9-5-3-6-10-13)17-14-11-7-4-8-12-14/h2-12H,1H2,(H,15,16). The molecular formula is C14H14NO2P. The second kappa shape index (κ2) is 5.56. The molecule has 0 heterocycles. The van der Waals surface area contributed by atoms with Gasteiger partial charge in [-0.3, -0.25) is 0 Å². The van der Waals surface area contributed by atoms with Crippen LogP contribution in [0.3, 0.4) is 0 Å². The molecule has 2 aromatic rings. The molecule has 0 aliphatic heterocycles. The van der Waals surface area contributed by atoms with Gasteiger partial charge in [-0.1, -0.05) is 43.0 Å². The molecule has 92 valence electrons. The van der Waals surface area contributed by atoms with Gasteiger partial charge in [-0.05, 0) is 24.3 Å². The molecule has 0 bridgehead atoms. The van der Waals surface area contributed by atoms with Crippen molar-refractivity contribution in [2.45, 2.75) is 0 Å². The lowest BCUT2D eigenvalue weighted by Gasteiger charge is -2.17. The summed E-state index contributed by atoms with van der Waals surface area (Å²) < 4.78 is 18.0. The van der Waals surface area contributed by atoms with Crippen LogP contribution in [0.1, 0.15) is 0 Å². The van der Waals surface area contributed by atoms with E-state index in [1.165, 1.54) is 5.82 Å². The highest BCUT2D eigenvalue weighted by Gasteiger charge is 2.19. The maximum atomic E-state index is 12.5. The molecule has 0 radical (unpaired) electrons. The number of anilines is 1. The quantitative estimate of drug-likeness (QED) is 0.802. The number of hydrogen-bond donors (Lipinski definition) is 1. The van der Waals surface area contributed by atoms with E-state index in [0.29, 0.717) is 5.75 Å². The predicted octanol–water partition coefficient (Wildman–Crippen LogP) is 4.51. The Hall–Kier alpha value is -1.99. The van der Waals surface area contributed by atoms with Crippen molar-refractivity contribution in [3.05, 3.63) is 73.1 Å². The van der Waals surface area contributed by atoms with Gasteiger partial charge in [-0.25, -0.2) is 4.57 Å². The van der Waals surface area contributed by atoms with E-state index in [1.54, 1.807) is 12.1 Å². The molecule has 0 fully saturated rings. The summed E-state index contributed by atoms with van der Waals surface area (Å²) in [6.07, 6.45) is 0. The van der Waals surface area contributed by atoms with E-state index in [4.69, 9.17) is 4.52 Å². The summed E-state index contributed by atoms with van der Waals surface area (Å²) >= 11 is 0. The topological polar surface area (TPSA) is 38.3 Å². The molecule has 0 aliphatic rings. The fourth-order valence-corrected chi connectivity index (χ4v) is 2.59. The first kappa shape index (κ1) is 12.5. The third-order valence-electron chi connectivity index (χ3n) is 2.28. The number of hydrogen-bond acceptors (Lipinski definition) is 2. The van der Waals surface area contributed by atoms with Crippen LogP contribution in [0.15, 0.2) is 73.1 Å². The molecule has 0 spiro atoms. The van der Waals surface area contributed by atoms with Crippen LogP contribution in [0.5, 0.6) is 5.75 Å². The van der Waals surface area contributed by atoms with E-state index in [0.717, 1.165) is 5.69 Å². The van der Waals surface area contributed by atoms with Gasteiger partial charge in [0.2, 0.25) is 0 Å². The Bertz CT molecular complexity index is 509. The molecular weight excluding hydrogens is 245 g/mol. The molecule has 1 unspecified atom stereocenters. The average Bonchev–Trinajstić information content (AvgIpc) is 2.41. The Labute approximate surface area is 107 Å². The molecule has 0 saturated heterocycles. The van der Waals surface area contributed by atoms with Crippen molar-refractivity contribution >= 4 is 13.2 Å². The monoisotopic (exact) mass is 259 g/mol. The van der Waals surface area contributed by atoms with Crippen molar-refractivity contribution in [3.8, 4) is 5.75 Å². The molecule has 0 saturated carbocycles. The van der Waals surface area contributed by atoms with Gasteiger partial charge in [0.15, 0.2) is 0 Å². The molecule has 4 heteroatoms. The predicted molar refractivity (Wildman–Crippen MR) is 74.9 cm³/mol. The maximum Gasteiger partial charge on any atom is 0.363 e. The number of nitrogens with one attached hydrogen (secondary N) is 1. The Morgan fingerprint density at radius 1 is 1.00 bits per heavy atom. The molecule has 3 nitrogen and oxygen atoms in total. The van der Waals surface area contributed by atoms with Crippen LogP contribution in [0.25, 0.3) is 0 Å². The normalized spacial score (nSPS) is 13.3. The first-order valence-electron chi connectivity index (χ1n) is 5.53. The first-order valence-corrected chi connectivity index (χ1v) is 7.22. The van der Waals surface area contributed by atoms with E-state index in [2.05, 4.69) is 11.7 Å². The number of rotatable bonds is 5. The van der Waals surface area contributed by atoms with Gasteiger partial charge in [0.25, 0.3) is 0 Å². The third kappa shape index (κ3) is 3.25. The van der Waals surface area contributed by atoms with Gasteiger partial charge in [-0.2, -0.15) is 0 Å². The lowest BCUT2D eigenvalue weighted by molar-refractivity contribution is 0.497. The van der Waals surface area contributed by atoms with Gasteiger partial charge >= 0.3 is 7.52 Å². The summed E-state index contributed by atoms with van der Waals surface area (Å²) in [7, 11) is -3.13. The molecule has 1 N–H and O–H groups in total. The summed E-state index contributed by atoms with van der Waals surface area (Å²) in [5, 5.41) is 2.87. The second-order valence-electron chi connectivity index (χ2n) is 3.66. The highest BCUT2D eigenvalue weighted by molar-refractivity contribution is 7.64. The minimum absolute atomic E-state index is 0.546. The lowest BCUT2D eigenvalue weighted by atomic mass is 10.3. The van der Waals surface area contributed by atoms with E-state index >= 15 is 0 Å².